The molecule has 1 aromatic rings. The molecule has 0 saturated heterocycles. The second-order valence-corrected chi connectivity index (χ2v) is 2.83. The number of nitrogens with two attached hydrogens (primary N) is 1. The van der Waals surface area contributed by atoms with Gasteiger partial charge in [-0.2, -0.15) is 0 Å². The van der Waals surface area contributed by atoms with Crippen LogP contribution in [0.1, 0.15) is 31.6 Å². The first-order chi connectivity index (χ1) is 6.15. The fourth-order valence-corrected chi connectivity index (χ4v) is 1.09. The van der Waals surface area contributed by atoms with Crippen molar-refractivity contribution in [3.8, 4) is 0 Å². The summed E-state index contributed by atoms with van der Waals surface area (Å²) in [5.74, 6) is 0.232. The van der Waals surface area contributed by atoms with Crippen molar-refractivity contribution in [2.45, 2.75) is 25.8 Å². The summed E-state index contributed by atoms with van der Waals surface area (Å²) in [4.78, 5) is 9.70. The number of halogens is 1. The molecule has 5 nitrogen and oxygen atoms in total. The Morgan fingerprint density at radius 3 is 2.71 bits per heavy atom. The molecule has 1 aromatic heterocycles. The van der Waals surface area contributed by atoms with E-state index < -0.39 is 4.92 Å². The van der Waals surface area contributed by atoms with Gasteiger partial charge in [0.05, 0.1) is 12.1 Å². The summed E-state index contributed by atoms with van der Waals surface area (Å²) in [5, 5.41) is 10.3. The van der Waals surface area contributed by atoms with Crippen molar-refractivity contribution in [3.05, 3.63) is 28.0 Å². The van der Waals surface area contributed by atoms with Gasteiger partial charge in [0, 0.05) is 0 Å². The van der Waals surface area contributed by atoms with Crippen LogP contribution >= 0.6 is 12.4 Å². The van der Waals surface area contributed by atoms with Crippen LogP contribution in [0.5, 0.6) is 0 Å². The van der Waals surface area contributed by atoms with Crippen molar-refractivity contribution < 1.29 is 9.34 Å². The zero-order valence-corrected chi connectivity index (χ0v) is 8.62. The fourth-order valence-electron chi connectivity index (χ4n) is 1.09. The third kappa shape index (κ3) is 3.01. The Morgan fingerprint density at radius 2 is 2.29 bits per heavy atom. The van der Waals surface area contributed by atoms with Crippen LogP contribution < -0.4 is 5.73 Å². The molecule has 6 heteroatoms. The van der Waals surface area contributed by atoms with Gasteiger partial charge in [0.1, 0.15) is 10.7 Å². The molecule has 0 radical (unpaired) electrons. The van der Waals surface area contributed by atoms with Gasteiger partial charge < -0.3 is 10.2 Å². The van der Waals surface area contributed by atoms with Gasteiger partial charge in [-0.3, -0.25) is 10.1 Å². The van der Waals surface area contributed by atoms with Gasteiger partial charge in [0.15, 0.2) is 0 Å². The summed E-state index contributed by atoms with van der Waals surface area (Å²) >= 11 is 0. The van der Waals surface area contributed by atoms with Crippen LogP contribution in [0.3, 0.4) is 0 Å². The lowest BCUT2D eigenvalue weighted by molar-refractivity contribution is -0.402. The molecule has 0 unspecified atom stereocenters. The van der Waals surface area contributed by atoms with Crippen molar-refractivity contribution >= 4 is 18.3 Å². The third-order valence-corrected chi connectivity index (χ3v) is 1.76. The molecule has 14 heavy (non-hydrogen) atoms. The minimum Gasteiger partial charge on any atom is -0.404 e. The van der Waals surface area contributed by atoms with E-state index in [1.54, 1.807) is 6.07 Å². The van der Waals surface area contributed by atoms with Gasteiger partial charge >= 0.3 is 5.88 Å². The molecule has 80 valence electrons. The molecule has 0 bridgehead atoms. The van der Waals surface area contributed by atoms with Gasteiger partial charge in [-0.1, -0.05) is 13.3 Å². The predicted octanol–water partition coefficient (Wildman–Crippen LogP) is 2.41. The van der Waals surface area contributed by atoms with E-state index in [9.17, 15) is 10.1 Å². The highest BCUT2D eigenvalue weighted by Crippen LogP contribution is 2.22. The van der Waals surface area contributed by atoms with Gasteiger partial charge in [0.25, 0.3) is 0 Å². The molecular formula is C8H13ClN2O3. The molecule has 0 fully saturated rings. The van der Waals surface area contributed by atoms with E-state index in [1.165, 1.54) is 6.07 Å². The molecule has 0 spiro atoms. The molecule has 0 saturated carbocycles. The Bertz CT molecular complexity index is 301. The topological polar surface area (TPSA) is 82.3 Å². The summed E-state index contributed by atoms with van der Waals surface area (Å²) in [5.41, 5.74) is 5.70. The first-order valence-electron chi connectivity index (χ1n) is 4.15. The molecule has 0 aliphatic heterocycles. The largest absolute Gasteiger partial charge is 0.433 e. The smallest absolute Gasteiger partial charge is 0.404 e. The van der Waals surface area contributed by atoms with Crippen LogP contribution in [0.25, 0.3) is 0 Å². The number of rotatable bonds is 4. The summed E-state index contributed by atoms with van der Waals surface area (Å²) in [6.45, 7) is 2.00. The number of hydrogen-bond donors (Lipinski definition) is 1. The summed E-state index contributed by atoms with van der Waals surface area (Å²) < 4.78 is 4.94. The van der Waals surface area contributed by atoms with Gasteiger partial charge in [-0.25, -0.2) is 0 Å². The highest BCUT2D eigenvalue weighted by molar-refractivity contribution is 5.85. The zero-order valence-electron chi connectivity index (χ0n) is 7.80. The minimum absolute atomic E-state index is 0. The highest BCUT2D eigenvalue weighted by atomic mass is 35.5. The Hall–Kier alpha value is -1.07. The Balaban J connectivity index is 0.00000169. The van der Waals surface area contributed by atoms with Crippen LogP contribution in [0.4, 0.5) is 5.88 Å². The minimum atomic E-state index is -0.567. The Labute approximate surface area is 87.8 Å². The van der Waals surface area contributed by atoms with Crippen LogP contribution in [0.2, 0.25) is 0 Å². The average Bonchev–Trinajstić information content (AvgIpc) is 2.52. The van der Waals surface area contributed by atoms with Gasteiger partial charge in [-0.15, -0.1) is 12.4 Å². The van der Waals surface area contributed by atoms with Gasteiger partial charge in [-0.05, 0) is 12.5 Å². The molecule has 1 rings (SSSR count). The van der Waals surface area contributed by atoms with Crippen molar-refractivity contribution in [2.75, 3.05) is 0 Å². The SMILES string of the molecule is CCC[C@@H](N)c1ccc([N+](=O)[O-])o1.Cl. The van der Waals surface area contributed by atoms with E-state index in [0.717, 1.165) is 12.8 Å². The molecule has 2 N–H and O–H groups in total. The predicted molar refractivity (Wildman–Crippen MR) is 54.4 cm³/mol. The molecule has 0 aromatic carbocycles. The van der Waals surface area contributed by atoms with E-state index in [-0.39, 0.29) is 24.3 Å². The van der Waals surface area contributed by atoms with Crippen molar-refractivity contribution in [3.63, 3.8) is 0 Å². The van der Waals surface area contributed by atoms with Crippen LogP contribution in [0.15, 0.2) is 16.5 Å². The first-order valence-corrected chi connectivity index (χ1v) is 4.15. The lowest BCUT2D eigenvalue weighted by Gasteiger charge is -2.04. The van der Waals surface area contributed by atoms with Crippen molar-refractivity contribution in [1.82, 2.24) is 0 Å². The second-order valence-electron chi connectivity index (χ2n) is 2.83. The molecule has 0 aliphatic carbocycles. The Morgan fingerprint density at radius 1 is 1.64 bits per heavy atom. The maximum atomic E-state index is 10.3. The average molecular weight is 221 g/mol. The fraction of sp³-hybridized carbons (Fsp3) is 0.500. The van der Waals surface area contributed by atoms with Crippen molar-refractivity contribution in [2.24, 2.45) is 5.73 Å². The third-order valence-electron chi connectivity index (χ3n) is 1.76. The van der Waals surface area contributed by atoms with E-state index >= 15 is 0 Å². The molecular weight excluding hydrogens is 208 g/mol. The van der Waals surface area contributed by atoms with Crippen LogP contribution in [-0.4, -0.2) is 4.92 Å². The van der Waals surface area contributed by atoms with Crippen molar-refractivity contribution in [1.29, 1.82) is 0 Å². The first kappa shape index (κ1) is 12.9. The lowest BCUT2D eigenvalue weighted by Crippen LogP contribution is -2.08. The van der Waals surface area contributed by atoms with Gasteiger partial charge in [0.2, 0.25) is 0 Å². The number of nitro groups is 1. The summed E-state index contributed by atoms with van der Waals surface area (Å²) in [7, 11) is 0. The van der Waals surface area contributed by atoms with Crippen LogP contribution in [0, 0.1) is 10.1 Å². The normalized spacial score (nSPS) is 11.9. The molecule has 0 amide bonds. The summed E-state index contributed by atoms with van der Waals surface area (Å²) in [6, 6.07) is 2.64. The van der Waals surface area contributed by atoms with E-state index in [2.05, 4.69) is 0 Å². The number of furan rings is 1. The zero-order chi connectivity index (χ0) is 9.84. The number of nitrogens with zero attached hydrogens (tertiary/aromatic N) is 1. The highest BCUT2D eigenvalue weighted by Gasteiger charge is 2.15. The molecule has 1 atom stereocenters. The van der Waals surface area contributed by atoms with Crippen LogP contribution in [-0.2, 0) is 0 Å². The quantitative estimate of drug-likeness (QED) is 0.624. The second kappa shape index (κ2) is 5.62. The maximum absolute atomic E-state index is 10.3. The number of hydrogen-bond acceptors (Lipinski definition) is 4. The monoisotopic (exact) mass is 220 g/mol. The lowest BCUT2D eigenvalue weighted by atomic mass is 10.1. The van der Waals surface area contributed by atoms with E-state index in [4.69, 9.17) is 10.2 Å². The summed E-state index contributed by atoms with van der Waals surface area (Å²) in [6.07, 6.45) is 1.69. The molecule has 1 heterocycles. The van der Waals surface area contributed by atoms with E-state index in [1.807, 2.05) is 6.92 Å². The Kier molecular flexibility index (Phi) is 5.19. The maximum Gasteiger partial charge on any atom is 0.433 e. The molecule has 0 aliphatic rings. The van der Waals surface area contributed by atoms with E-state index in [0.29, 0.717) is 5.76 Å². The standard InChI is InChI=1S/C8H12N2O3.ClH/c1-2-3-6(9)7-4-5-8(13-7)10(11)12;/h4-6H,2-3,9H2,1H3;1H/t6-;/m1./s1.